The van der Waals surface area contributed by atoms with Gasteiger partial charge in [0, 0.05) is 24.8 Å². The molecule has 0 aliphatic carbocycles. The van der Waals surface area contributed by atoms with Crippen molar-refractivity contribution >= 4 is 11.9 Å². The summed E-state index contributed by atoms with van der Waals surface area (Å²) < 4.78 is 63.5. The van der Waals surface area contributed by atoms with Crippen LogP contribution in [0.4, 0.5) is 26.3 Å². The number of hydrogen-bond acceptors (Lipinski definition) is 4. The summed E-state index contributed by atoms with van der Waals surface area (Å²) in [5.41, 5.74) is 4.69. The van der Waals surface area contributed by atoms with Gasteiger partial charge in [-0.25, -0.2) is 9.59 Å². The number of nitrogens with one attached hydrogen (secondary N) is 2. The number of rotatable bonds is 5. The Bertz CT molecular complexity index is 999. The Morgan fingerprint density at radius 2 is 1.29 bits per heavy atom. The standard InChI is InChI=1S/C17H17N3.2C2HF3O2/c1-2-5-14(6-3-1)12-18-13-15-7-4-8-16(11-15)17-9-10-19-20-17;2*3-2(4,5)1(6)7/h1-11,18H,12-13H2,(H,19,20);2*(H,6,7). The first-order valence-corrected chi connectivity index (χ1v) is 9.24. The fourth-order valence-electron chi connectivity index (χ4n) is 2.21. The number of hydrogen-bond donors (Lipinski definition) is 4. The molecule has 0 unspecified atom stereocenters. The molecular weight excluding hydrogens is 472 g/mol. The van der Waals surface area contributed by atoms with Gasteiger partial charge in [-0.3, -0.25) is 5.10 Å². The van der Waals surface area contributed by atoms with Gasteiger partial charge in [0.15, 0.2) is 0 Å². The van der Waals surface area contributed by atoms with Crippen LogP contribution in [0.15, 0.2) is 66.9 Å². The fourth-order valence-corrected chi connectivity index (χ4v) is 2.21. The topological polar surface area (TPSA) is 115 Å². The Morgan fingerprint density at radius 3 is 1.76 bits per heavy atom. The van der Waals surface area contributed by atoms with Crippen molar-refractivity contribution in [3.8, 4) is 11.3 Å². The second-order valence-corrected chi connectivity index (χ2v) is 6.35. The number of carboxylic acids is 2. The molecule has 3 aromatic rings. The van der Waals surface area contributed by atoms with Crippen LogP contribution in [-0.2, 0) is 22.7 Å². The zero-order chi connectivity index (χ0) is 25.8. The van der Waals surface area contributed by atoms with Gasteiger partial charge in [-0.05, 0) is 23.3 Å². The minimum absolute atomic E-state index is 0.854. The van der Waals surface area contributed by atoms with Gasteiger partial charge in [0.1, 0.15) is 0 Å². The highest BCUT2D eigenvalue weighted by atomic mass is 19.4. The molecule has 3 rings (SSSR count). The van der Waals surface area contributed by atoms with Gasteiger partial charge >= 0.3 is 24.3 Å². The smallest absolute Gasteiger partial charge is 0.475 e. The van der Waals surface area contributed by atoms with Crippen molar-refractivity contribution in [2.75, 3.05) is 0 Å². The average Bonchev–Trinajstić information content (AvgIpc) is 3.29. The summed E-state index contributed by atoms with van der Waals surface area (Å²) in [6.07, 6.45) is -8.32. The highest BCUT2D eigenvalue weighted by molar-refractivity contribution is 5.73. The second kappa shape index (κ2) is 13.0. The molecule has 0 saturated heterocycles. The number of aliphatic carboxylic acids is 2. The maximum absolute atomic E-state index is 10.6. The highest BCUT2D eigenvalue weighted by Gasteiger charge is 2.38. The fraction of sp³-hybridized carbons (Fsp3) is 0.190. The van der Waals surface area contributed by atoms with E-state index in [0.29, 0.717) is 0 Å². The van der Waals surface area contributed by atoms with E-state index in [-0.39, 0.29) is 0 Å². The predicted molar refractivity (Wildman–Crippen MR) is 108 cm³/mol. The molecule has 34 heavy (non-hydrogen) atoms. The molecule has 2 aromatic carbocycles. The summed E-state index contributed by atoms with van der Waals surface area (Å²) in [5, 5.41) is 24.8. The number of alkyl halides is 6. The van der Waals surface area contributed by atoms with Crippen molar-refractivity contribution in [1.29, 1.82) is 0 Å². The monoisotopic (exact) mass is 491 g/mol. The lowest BCUT2D eigenvalue weighted by atomic mass is 10.1. The van der Waals surface area contributed by atoms with E-state index >= 15 is 0 Å². The third-order valence-electron chi connectivity index (χ3n) is 3.71. The lowest BCUT2D eigenvalue weighted by Gasteiger charge is -2.06. The van der Waals surface area contributed by atoms with Gasteiger partial charge in [0.05, 0.1) is 5.69 Å². The first-order chi connectivity index (χ1) is 15.8. The van der Waals surface area contributed by atoms with Crippen molar-refractivity contribution in [2.45, 2.75) is 25.4 Å². The number of carbonyl (C=O) groups is 2. The summed E-state index contributed by atoms with van der Waals surface area (Å²) >= 11 is 0. The molecule has 0 aliphatic heterocycles. The molecule has 0 amide bonds. The third-order valence-corrected chi connectivity index (χ3v) is 3.71. The van der Waals surface area contributed by atoms with Gasteiger partial charge in [-0.2, -0.15) is 31.4 Å². The maximum Gasteiger partial charge on any atom is 0.490 e. The highest BCUT2D eigenvalue weighted by Crippen LogP contribution is 2.17. The van der Waals surface area contributed by atoms with Crippen LogP contribution >= 0.6 is 0 Å². The second-order valence-electron chi connectivity index (χ2n) is 6.35. The number of aromatic nitrogens is 2. The summed E-state index contributed by atoms with van der Waals surface area (Å²) in [7, 11) is 0. The van der Waals surface area contributed by atoms with Gasteiger partial charge in [0.2, 0.25) is 0 Å². The first-order valence-electron chi connectivity index (χ1n) is 9.24. The molecule has 13 heteroatoms. The molecule has 0 saturated carbocycles. The Morgan fingerprint density at radius 1 is 0.794 bits per heavy atom. The van der Waals surface area contributed by atoms with Crippen molar-refractivity contribution in [2.24, 2.45) is 0 Å². The number of halogens is 6. The van der Waals surface area contributed by atoms with Crippen LogP contribution in [0.1, 0.15) is 11.1 Å². The van der Waals surface area contributed by atoms with Crippen LogP contribution in [0.5, 0.6) is 0 Å². The van der Waals surface area contributed by atoms with E-state index < -0.39 is 24.3 Å². The van der Waals surface area contributed by atoms with E-state index in [4.69, 9.17) is 19.8 Å². The van der Waals surface area contributed by atoms with Crippen LogP contribution in [0.3, 0.4) is 0 Å². The molecule has 1 aromatic heterocycles. The SMILES string of the molecule is O=C(O)C(F)(F)F.O=C(O)C(F)(F)F.c1ccc(CNCc2cccc(-c3cc[nH]n3)c2)cc1. The third kappa shape index (κ3) is 11.1. The lowest BCUT2D eigenvalue weighted by Crippen LogP contribution is -2.21. The van der Waals surface area contributed by atoms with E-state index in [2.05, 4.69) is 64.0 Å². The van der Waals surface area contributed by atoms with Crippen LogP contribution in [0, 0.1) is 0 Å². The van der Waals surface area contributed by atoms with Gasteiger partial charge in [-0.1, -0.05) is 48.5 Å². The quantitative estimate of drug-likeness (QED) is 0.387. The number of aromatic amines is 1. The molecule has 0 atom stereocenters. The van der Waals surface area contributed by atoms with E-state index in [1.54, 1.807) is 0 Å². The van der Waals surface area contributed by atoms with E-state index in [0.717, 1.165) is 24.3 Å². The molecule has 184 valence electrons. The van der Waals surface area contributed by atoms with Crippen LogP contribution in [-0.4, -0.2) is 44.7 Å². The molecule has 0 aliphatic rings. The van der Waals surface area contributed by atoms with Crippen LogP contribution in [0.25, 0.3) is 11.3 Å². The summed E-state index contributed by atoms with van der Waals surface area (Å²) in [6, 6.07) is 20.9. The first kappa shape index (κ1) is 28.2. The number of H-pyrrole nitrogens is 1. The summed E-state index contributed by atoms with van der Waals surface area (Å²) in [4.78, 5) is 17.8. The van der Waals surface area contributed by atoms with Gasteiger partial charge in [0.25, 0.3) is 0 Å². The molecule has 0 radical (unpaired) electrons. The van der Waals surface area contributed by atoms with E-state index in [1.165, 1.54) is 11.1 Å². The van der Waals surface area contributed by atoms with Crippen molar-refractivity contribution in [1.82, 2.24) is 15.5 Å². The molecule has 1 heterocycles. The molecule has 0 fully saturated rings. The van der Waals surface area contributed by atoms with Crippen molar-refractivity contribution < 1.29 is 46.1 Å². The Kier molecular flexibility index (Phi) is 10.8. The predicted octanol–water partition coefficient (Wildman–Crippen LogP) is 4.63. The molecule has 0 spiro atoms. The number of benzene rings is 2. The normalized spacial score (nSPS) is 10.9. The Hall–Kier alpha value is -3.87. The number of nitrogens with zero attached hydrogens (tertiary/aromatic N) is 1. The van der Waals surface area contributed by atoms with E-state index in [9.17, 15) is 26.3 Å². The lowest BCUT2D eigenvalue weighted by molar-refractivity contribution is -0.193. The zero-order valence-electron chi connectivity index (χ0n) is 17.2. The average molecular weight is 491 g/mol. The van der Waals surface area contributed by atoms with Crippen LogP contribution in [0.2, 0.25) is 0 Å². The molecular formula is C21H19F6N3O4. The number of carboxylic acid groups (broad SMARTS) is 2. The van der Waals surface area contributed by atoms with Crippen molar-refractivity contribution in [3.63, 3.8) is 0 Å². The maximum atomic E-state index is 10.6. The molecule has 7 nitrogen and oxygen atoms in total. The zero-order valence-corrected chi connectivity index (χ0v) is 17.2. The largest absolute Gasteiger partial charge is 0.490 e. The molecule has 4 N–H and O–H groups in total. The van der Waals surface area contributed by atoms with Crippen molar-refractivity contribution in [3.05, 3.63) is 78.0 Å². The van der Waals surface area contributed by atoms with Crippen LogP contribution < -0.4 is 5.32 Å². The Balaban J connectivity index is 0.000000343. The van der Waals surface area contributed by atoms with E-state index in [1.807, 2.05) is 18.3 Å². The molecule has 0 bridgehead atoms. The Labute approximate surface area is 189 Å². The summed E-state index contributed by atoms with van der Waals surface area (Å²) in [6.45, 7) is 1.74. The minimum atomic E-state index is -5.08. The van der Waals surface area contributed by atoms with Gasteiger partial charge < -0.3 is 15.5 Å². The minimum Gasteiger partial charge on any atom is -0.475 e. The van der Waals surface area contributed by atoms with Gasteiger partial charge in [-0.15, -0.1) is 0 Å². The summed E-state index contributed by atoms with van der Waals surface area (Å²) in [5.74, 6) is -5.51.